The van der Waals surface area contributed by atoms with Crippen LogP contribution in [0.5, 0.6) is 0 Å². The van der Waals surface area contributed by atoms with Gasteiger partial charge in [0.05, 0.1) is 17.7 Å². The number of nitrogens with one attached hydrogen (secondary N) is 1. The lowest BCUT2D eigenvalue weighted by Gasteiger charge is -2.08. The normalized spacial score (nSPS) is 10.2. The summed E-state index contributed by atoms with van der Waals surface area (Å²) in [5.74, 6) is -3.49. The van der Waals surface area contributed by atoms with E-state index in [1.54, 1.807) is 0 Å². The van der Waals surface area contributed by atoms with Gasteiger partial charge >= 0.3 is 5.97 Å². The predicted molar refractivity (Wildman–Crippen MR) is 77.1 cm³/mol. The van der Waals surface area contributed by atoms with Crippen molar-refractivity contribution in [3.63, 3.8) is 0 Å². The standard InChI is InChI=1S/C15H10ClF2NO3/c1-22-15(21)10-7-9(3-4-11(10)16)19-14(20)8-2-5-12(17)13(18)6-8/h2-7H,1H3,(H,19,20). The third-order valence-electron chi connectivity index (χ3n) is 2.81. The summed E-state index contributed by atoms with van der Waals surface area (Å²) >= 11 is 5.86. The number of benzene rings is 2. The Hall–Kier alpha value is -2.47. The zero-order valence-electron chi connectivity index (χ0n) is 11.3. The van der Waals surface area contributed by atoms with Crippen molar-refractivity contribution in [3.8, 4) is 0 Å². The van der Waals surface area contributed by atoms with E-state index in [4.69, 9.17) is 11.6 Å². The molecule has 0 saturated heterocycles. The van der Waals surface area contributed by atoms with Crippen molar-refractivity contribution in [2.24, 2.45) is 0 Å². The Morgan fingerprint density at radius 3 is 2.45 bits per heavy atom. The monoisotopic (exact) mass is 325 g/mol. The molecule has 114 valence electrons. The molecule has 0 aliphatic heterocycles. The summed E-state index contributed by atoms with van der Waals surface area (Å²) in [6.07, 6.45) is 0. The minimum Gasteiger partial charge on any atom is -0.465 e. The van der Waals surface area contributed by atoms with Crippen molar-refractivity contribution in [3.05, 3.63) is 64.2 Å². The highest BCUT2D eigenvalue weighted by atomic mass is 35.5. The van der Waals surface area contributed by atoms with Crippen LogP contribution in [0.25, 0.3) is 0 Å². The average molecular weight is 326 g/mol. The number of carbonyl (C=O) groups excluding carboxylic acids is 2. The fourth-order valence-electron chi connectivity index (χ4n) is 1.71. The number of methoxy groups -OCH3 is 1. The second-order valence-corrected chi connectivity index (χ2v) is 4.68. The van der Waals surface area contributed by atoms with Gasteiger partial charge in [-0.3, -0.25) is 4.79 Å². The van der Waals surface area contributed by atoms with Gasteiger partial charge in [-0.1, -0.05) is 11.6 Å². The number of carbonyl (C=O) groups is 2. The van der Waals surface area contributed by atoms with Crippen molar-refractivity contribution in [1.29, 1.82) is 0 Å². The number of hydrogen-bond donors (Lipinski definition) is 1. The number of ether oxygens (including phenoxy) is 1. The molecule has 0 fully saturated rings. The summed E-state index contributed by atoms with van der Waals surface area (Å²) in [6.45, 7) is 0. The molecule has 22 heavy (non-hydrogen) atoms. The number of esters is 1. The summed E-state index contributed by atoms with van der Waals surface area (Å²) in [4.78, 5) is 23.5. The van der Waals surface area contributed by atoms with Gasteiger partial charge in [0.15, 0.2) is 11.6 Å². The molecule has 0 aromatic heterocycles. The van der Waals surface area contributed by atoms with E-state index in [2.05, 4.69) is 10.1 Å². The molecule has 1 N–H and O–H groups in total. The molecule has 0 heterocycles. The van der Waals surface area contributed by atoms with Gasteiger partial charge in [0.25, 0.3) is 5.91 Å². The van der Waals surface area contributed by atoms with E-state index in [1.807, 2.05) is 0 Å². The third kappa shape index (κ3) is 3.40. The Bertz CT molecular complexity index is 750. The van der Waals surface area contributed by atoms with Gasteiger partial charge in [-0.25, -0.2) is 13.6 Å². The van der Waals surface area contributed by atoms with Crippen molar-refractivity contribution in [2.75, 3.05) is 12.4 Å². The maximum Gasteiger partial charge on any atom is 0.339 e. The molecule has 0 atom stereocenters. The average Bonchev–Trinajstić information content (AvgIpc) is 2.51. The van der Waals surface area contributed by atoms with Crippen LogP contribution in [0.2, 0.25) is 5.02 Å². The van der Waals surface area contributed by atoms with Crippen LogP contribution in [0.4, 0.5) is 14.5 Å². The Balaban J connectivity index is 2.24. The smallest absolute Gasteiger partial charge is 0.339 e. The number of halogens is 3. The highest BCUT2D eigenvalue weighted by Crippen LogP contribution is 2.22. The molecule has 4 nitrogen and oxygen atoms in total. The first kappa shape index (κ1) is 15.9. The molecular weight excluding hydrogens is 316 g/mol. The van der Waals surface area contributed by atoms with E-state index >= 15 is 0 Å². The molecule has 7 heteroatoms. The van der Waals surface area contributed by atoms with Gasteiger partial charge in [-0.15, -0.1) is 0 Å². The SMILES string of the molecule is COC(=O)c1cc(NC(=O)c2ccc(F)c(F)c2)ccc1Cl. The third-order valence-corrected chi connectivity index (χ3v) is 3.14. The van der Waals surface area contributed by atoms with E-state index < -0.39 is 23.5 Å². The summed E-state index contributed by atoms with van der Waals surface area (Å²) < 4.78 is 30.5. The lowest BCUT2D eigenvalue weighted by Crippen LogP contribution is -2.13. The molecule has 0 radical (unpaired) electrons. The molecule has 0 aliphatic rings. The molecule has 2 rings (SSSR count). The highest BCUT2D eigenvalue weighted by Gasteiger charge is 2.14. The largest absolute Gasteiger partial charge is 0.465 e. The summed E-state index contributed by atoms with van der Waals surface area (Å²) in [7, 11) is 1.20. The van der Waals surface area contributed by atoms with Crippen molar-refractivity contribution >= 4 is 29.2 Å². The molecule has 0 unspecified atom stereocenters. The second kappa shape index (κ2) is 6.53. The van der Waals surface area contributed by atoms with Gasteiger partial charge in [-0.2, -0.15) is 0 Å². The van der Waals surface area contributed by atoms with Crippen LogP contribution in [0.15, 0.2) is 36.4 Å². The maximum atomic E-state index is 13.1. The van der Waals surface area contributed by atoms with Crippen LogP contribution in [-0.4, -0.2) is 19.0 Å². The van der Waals surface area contributed by atoms with Gasteiger partial charge in [0, 0.05) is 11.3 Å². The van der Waals surface area contributed by atoms with Crippen molar-refractivity contribution in [1.82, 2.24) is 0 Å². The van der Waals surface area contributed by atoms with Gasteiger partial charge < -0.3 is 10.1 Å². The van der Waals surface area contributed by atoms with Crippen molar-refractivity contribution < 1.29 is 23.1 Å². The van der Waals surface area contributed by atoms with Gasteiger partial charge in [-0.05, 0) is 36.4 Å². The molecule has 0 saturated carbocycles. The summed E-state index contributed by atoms with van der Waals surface area (Å²) in [5, 5.41) is 2.62. The molecule has 1 amide bonds. The lowest BCUT2D eigenvalue weighted by molar-refractivity contribution is 0.0600. The zero-order chi connectivity index (χ0) is 16.3. The van der Waals surface area contributed by atoms with Crippen LogP contribution in [0.3, 0.4) is 0 Å². The Labute approximate surface area is 129 Å². The summed E-state index contributed by atoms with van der Waals surface area (Å²) in [6, 6.07) is 6.98. The van der Waals surface area contributed by atoms with Crippen LogP contribution in [0.1, 0.15) is 20.7 Å². The van der Waals surface area contributed by atoms with E-state index in [1.165, 1.54) is 25.3 Å². The number of amides is 1. The van der Waals surface area contributed by atoms with Crippen LogP contribution >= 0.6 is 11.6 Å². The quantitative estimate of drug-likeness (QED) is 0.876. The number of hydrogen-bond acceptors (Lipinski definition) is 3. The van der Waals surface area contributed by atoms with Crippen LogP contribution in [-0.2, 0) is 4.74 Å². The fraction of sp³-hybridized carbons (Fsp3) is 0.0667. The molecule has 0 spiro atoms. The molecule has 2 aromatic rings. The van der Waals surface area contributed by atoms with Gasteiger partial charge in [0.1, 0.15) is 0 Å². The predicted octanol–water partition coefficient (Wildman–Crippen LogP) is 3.66. The number of rotatable bonds is 3. The molecule has 0 bridgehead atoms. The Morgan fingerprint density at radius 2 is 1.82 bits per heavy atom. The second-order valence-electron chi connectivity index (χ2n) is 4.27. The Kier molecular flexibility index (Phi) is 4.72. The summed E-state index contributed by atoms with van der Waals surface area (Å²) in [5.41, 5.74) is 0.278. The minimum atomic E-state index is -1.13. The van der Waals surface area contributed by atoms with E-state index in [9.17, 15) is 18.4 Å². The Morgan fingerprint density at radius 1 is 1.09 bits per heavy atom. The van der Waals surface area contributed by atoms with E-state index in [0.29, 0.717) is 0 Å². The highest BCUT2D eigenvalue weighted by molar-refractivity contribution is 6.33. The minimum absolute atomic E-state index is 0.0616. The topological polar surface area (TPSA) is 55.4 Å². The van der Waals surface area contributed by atoms with Crippen molar-refractivity contribution in [2.45, 2.75) is 0 Å². The number of anilines is 1. The molecule has 2 aromatic carbocycles. The molecule has 0 aliphatic carbocycles. The van der Waals surface area contributed by atoms with Crippen LogP contribution in [0, 0.1) is 11.6 Å². The first-order chi connectivity index (χ1) is 10.4. The van der Waals surface area contributed by atoms with E-state index in [0.717, 1.165) is 18.2 Å². The lowest BCUT2D eigenvalue weighted by atomic mass is 10.1. The van der Waals surface area contributed by atoms with Gasteiger partial charge in [0.2, 0.25) is 0 Å². The first-order valence-corrected chi connectivity index (χ1v) is 6.44. The maximum absolute atomic E-state index is 13.1. The first-order valence-electron chi connectivity index (χ1n) is 6.06. The van der Waals surface area contributed by atoms with E-state index in [-0.39, 0.29) is 21.8 Å². The van der Waals surface area contributed by atoms with Crippen LogP contribution < -0.4 is 5.32 Å². The zero-order valence-corrected chi connectivity index (χ0v) is 12.1. The fourth-order valence-corrected chi connectivity index (χ4v) is 1.90. The molecular formula is C15H10ClF2NO3.